The van der Waals surface area contributed by atoms with Gasteiger partial charge in [-0.05, 0) is 60.7 Å². The molecule has 0 saturated heterocycles. The van der Waals surface area contributed by atoms with Gasteiger partial charge in [0.1, 0.15) is 17.5 Å². The Morgan fingerprint density at radius 3 is 2.04 bits per heavy atom. The Kier molecular flexibility index (Phi) is 6.45. The van der Waals surface area contributed by atoms with Gasteiger partial charge in [-0.2, -0.15) is 0 Å². The normalized spacial score (nSPS) is 12.1. The molecule has 0 aliphatic rings. The Hall–Kier alpha value is -3.02. The number of nitrogens with two attached hydrogens (primary N) is 1. The molecular formula is C21H27N3O3. The van der Waals surface area contributed by atoms with Crippen LogP contribution in [0.15, 0.2) is 48.5 Å². The van der Waals surface area contributed by atoms with Crippen LogP contribution in [0.2, 0.25) is 0 Å². The fraction of sp³-hybridized carbons (Fsp3) is 0.333. The van der Waals surface area contributed by atoms with Gasteiger partial charge >= 0.3 is 6.03 Å². The van der Waals surface area contributed by atoms with Gasteiger partial charge in [-0.25, -0.2) is 4.79 Å². The molecule has 1 unspecified atom stereocenters. The number of urea groups is 1. The molecular weight excluding hydrogens is 342 g/mol. The standard InChI is InChI=1S/C21H27N3O3/c1-5-21(3,4)15-6-10-17(11-7-15)27-18-12-8-16(9-13-18)24-19(25)14(2)23-20(22)26/h6-14H,5H2,1-4H3,(H,24,25)(H3,22,23,26). The fourth-order valence-corrected chi connectivity index (χ4v) is 2.45. The predicted molar refractivity (Wildman–Crippen MR) is 107 cm³/mol. The van der Waals surface area contributed by atoms with Crippen molar-refractivity contribution in [1.82, 2.24) is 5.32 Å². The van der Waals surface area contributed by atoms with Crippen LogP contribution in [0.4, 0.5) is 10.5 Å². The van der Waals surface area contributed by atoms with Crippen molar-refractivity contribution in [3.63, 3.8) is 0 Å². The van der Waals surface area contributed by atoms with Crippen LogP contribution in [-0.4, -0.2) is 18.0 Å². The average Bonchev–Trinajstić information content (AvgIpc) is 2.63. The average molecular weight is 369 g/mol. The Morgan fingerprint density at radius 1 is 1.04 bits per heavy atom. The van der Waals surface area contributed by atoms with Gasteiger partial charge < -0.3 is 21.1 Å². The molecule has 2 aromatic rings. The first-order chi connectivity index (χ1) is 12.7. The number of primary amides is 1. The van der Waals surface area contributed by atoms with Gasteiger partial charge in [-0.15, -0.1) is 0 Å². The largest absolute Gasteiger partial charge is 0.457 e. The van der Waals surface area contributed by atoms with Crippen molar-refractivity contribution in [2.24, 2.45) is 5.73 Å². The highest BCUT2D eigenvalue weighted by Gasteiger charge is 2.17. The number of carbonyl (C=O) groups excluding carboxylic acids is 2. The summed E-state index contributed by atoms with van der Waals surface area (Å²) in [6.45, 7) is 8.17. The SMILES string of the molecule is CCC(C)(C)c1ccc(Oc2ccc(NC(=O)C(C)NC(N)=O)cc2)cc1. The lowest BCUT2D eigenvalue weighted by Gasteiger charge is -2.23. The van der Waals surface area contributed by atoms with Crippen molar-refractivity contribution >= 4 is 17.6 Å². The first kappa shape index (κ1) is 20.3. The van der Waals surface area contributed by atoms with Crippen molar-refractivity contribution in [1.29, 1.82) is 0 Å². The summed E-state index contributed by atoms with van der Waals surface area (Å²) in [5.74, 6) is 1.07. The van der Waals surface area contributed by atoms with E-state index >= 15 is 0 Å². The van der Waals surface area contributed by atoms with Crippen LogP contribution in [0, 0.1) is 0 Å². The first-order valence-electron chi connectivity index (χ1n) is 8.96. The van der Waals surface area contributed by atoms with Crippen molar-refractivity contribution in [3.8, 4) is 11.5 Å². The molecule has 0 radical (unpaired) electrons. The maximum Gasteiger partial charge on any atom is 0.312 e. The van der Waals surface area contributed by atoms with Crippen molar-refractivity contribution in [2.75, 3.05) is 5.32 Å². The van der Waals surface area contributed by atoms with E-state index in [0.717, 1.165) is 12.2 Å². The van der Waals surface area contributed by atoms with E-state index in [-0.39, 0.29) is 11.3 Å². The van der Waals surface area contributed by atoms with Crippen LogP contribution in [0.3, 0.4) is 0 Å². The molecule has 0 heterocycles. The molecule has 2 rings (SSSR count). The summed E-state index contributed by atoms with van der Waals surface area (Å²) in [6.07, 6.45) is 1.06. The Bertz CT molecular complexity index is 783. The van der Waals surface area contributed by atoms with Gasteiger partial charge in [0.2, 0.25) is 5.91 Å². The highest BCUT2D eigenvalue weighted by Crippen LogP contribution is 2.29. The molecule has 3 amide bonds. The lowest BCUT2D eigenvalue weighted by atomic mass is 9.82. The van der Waals surface area contributed by atoms with E-state index in [2.05, 4.69) is 43.5 Å². The minimum Gasteiger partial charge on any atom is -0.457 e. The lowest BCUT2D eigenvalue weighted by molar-refractivity contribution is -0.117. The van der Waals surface area contributed by atoms with E-state index in [9.17, 15) is 9.59 Å². The number of ether oxygens (including phenoxy) is 1. The molecule has 0 bridgehead atoms. The highest BCUT2D eigenvalue weighted by atomic mass is 16.5. The maximum absolute atomic E-state index is 11.9. The summed E-state index contributed by atoms with van der Waals surface area (Å²) < 4.78 is 5.85. The monoisotopic (exact) mass is 369 g/mol. The van der Waals surface area contributed by atoms with Crippen LogP contribution in [-0.2, 0) is 10.2 Å². The maximum atomic E-state index is 11.9. The smallest absolute Gasteiger partial charge is 0.312 e. The molecule has 0 spiro atoms. The summed E-state index contributed by atoms with van der Waals surface area (Å²) >= 11 is 0. The van der Waals surface area contributed by atoms with Crippen LogP contribution in [0.1, 0.15) is 39.7 Å². The molecule has 27 heavy (non-hydrogen) atoms. The van der Waals surface area contributed by atoms with E-state index in [4.69, 9.17) is 10.5 Å². The molecule has 0 aliphatic carbocycles. The molecule has 0 aromatic heterocycles. The molecule has 6 nitrogen and oxygen atoms in total. The van der Waals surface area contributed by atoms with Crippen molar-refractivity contribution < 1.29 is 14.3 Å². The Balaban J connectivity index is 1.97. The van der Waals surface area contributed by atoms with Gasteiger partial charge in [-0.1, -0.05) is 32.9 Å². The fourth-order valence-electron chi connectivity index (χ4n) is 2.45. The van der Waals surface area contributed by atoms with Gasteiger partial charge in [-0.3, -0.25) is 4.79 Å². The minimum absolute atomic E-state index is 0.138. The van der Waals surface area contributed by atoms with Gasteiger partial charge in [0.15, 0.2) is 0 Å². The zero-order chi connectivity index (χ0) is 20.0. The van der Waals surface area contributed by atoms with Gasteiger partial charge in [0.25, 0.3) is 0 Å². The second-order valence-corrected chi connectivity index (χ2v) is 7.11. The zero-order valence-electron chi connectivity index (χ0n) is 16.2. The van der Waals surface area contributed by atoms with Crippen LogP contribution < -0.4 is 21.1 Å². The summed E-state index contributed by atoms with van der Waals surface area (Å²) in [7, 11) is 0. The molecule has 2 aromatic carbocycles. The molecule has 0 fully saturated rings. The molecule has 1 atom stereocenters. The Morgan fingerprint density at radius 2 is 1.56 bits per heavy atom. The quantitative estimate of drug-likeness (QED) is 0.684. The third-order valence-electron chi connectivity index (χ3n) is 4.63. The first-order valence-corrected chi connectivity index (χ1v) is 8.96. The predicted octanol–water partition coefficient (Wildman–Crippen LogP) is 4.16. The molecule has 144 valence electrons. The van der Waals surface area contributed by atoms with E-state index in [1.165, 1.54) is 5.56 Å². The van der Waals surface area contributed by atoms with Gasteiger partial charge in [0.05, 0.1) is 0 Å². The number of nitrogens with one attached hydrogen (secondary N) is 2. The van der Waals surface area contributed by atoms with Crippen molar-refractivity contribution in [2.45, 2.75) is 45.6 Å². The van der Waals surface area contributed by atoms with E-state index in [1.54, 1.807) is 31.2 Å². The number of rotatable bonds is 7. The third-order valence-corrected chi connectivity index (χ3v) is 4.63. The van der Waals surface area contributed by atoms with Gasteiger partial charge in [0, 0.05) is 5.69 Å². The summed E-state index contributed by atoms with van der Waals surface area (Å²) in [6, 6.07) is 13.6. The lowest BCUT2D eigenvalue weighted by Crippen LogP contribution is -2.44. The molecule has 4 N–H and O–H groups in total. The van der Waals surface area contributed by atoms with E-state index < -0.39 is 12.1 Å². The zero-order valence-corrected chi connectivity index (χ0v) is 16.2. The van der Waals surface area contributed by atoms with Crippen LogP contribution in [0.25, 0.3) is 0 Å². The molecule has 6 heteroatoms. The number of anilines is 1. The number of amides is 3. The molecule has 0 aliphatic heterocycles. The number of hydrogen-bond donors (Lipinski definition) is 3. The Labute approximate surface area is 160 Å². The second kappa shape index (κ2) is 8.58. The summed E-state index contributed by atoms with van der Waals surface area (Å²) in [5, 5.41) is 5.03. The number of hydrogen-bond acceptors (Lipinski definition) is 3. The second-order valence-electron chi connectivity index (χ2n) is 7.11. The van der Waals surface area contributed by atoms with E-state index in [1.807, 2.05) is 12.1 Å². The molecule has 0 saturated carbocycles. The summed E-state index contributed by atoms with van der Waals surface area (Å²) in [4.78, 5) is 22.7. The van der Waals surface area contributed by atoms with Crippen LogP contribution in [0.5, 0.6) is 11.5 Å². The minimum atomic E-state index is -0.741. The van der Waals surface area contributed by atoms with Crippen molar-refractivity contribution in [3.05, 3.63) is 54.1 Å². The topological polar surface area (TPSA) is 93.4 Å². The van der Waals surface area contributed by atoms with Crippen LogP contribution >= 0.6 is 0 Å². The number of benzene rings is 2. The third kappa shape index (κ3) is 5.74. The highest BCUT2D eigenvalue weighted by molar-refractivity contribution is 5.96. The summed E-state index contributed by atoms with van der Waals surface area (Å²) in [5.41, 5.74) is 7.02. The number of carbonyl (C=O) groups is 2. The van der Waals surface area contributed by atoms with E-state index in [0.29, 0.717) is 11.4 Å².